The molecule has 0 fully saturated rings. The molecular weight excluding hydrogens is 515 g/mol. The minimum atomic E-state index is 0.857. The first-order valence-corrected chi connectivity index (χ1v) is 15.1. The maximum atomic E-state index is 5.99. The molecule has 172 valence electrons. The molecule has 36 heavy (non-hydrogen) atoms. The maximum absolute atomic E-state index is 5.99. The second kappa shape index (κ2) is 7.64. The van der Waals surface area contributed by atoms with Gasteiger partial charge in [-0.3, -0.25) is 0 Å². The molecule has 0 bridgehead atoms. The number of fused-ring (bicyclic) bond motifs is 9. The summed E-state index contributed by atoms with van der Waals surface area (Å²) in [4.78, 5) is 3.91. The van der Waals surface area contributed by atoms with Gasteiger partial charge in [0, 0.05) is 34.8 Å². The molecule has 0 aliphatic carbocycles. The number of benzene rings is 4. The van der Waals surface area contributed by atoms with E-state index in [0.717, 1.165) is 5.00 Å². The zero-order valence-corrected chi connectivity index (χ0v) is 22.6. The Hall–Kier alpha value is -3.22. The van der Waals surface area contributed by atoms with Crippen LogP contribution < -0.4 is 5.73 Å². The Labute approximate surface area is 223 Å². The van der Waals surface area contributed by atoms with E-state index in [4.69, 9.17) is 5.73 Å². The molecule has 0 amide bonds. The van der Waals surface area contributed by atoms with E-state index in [2.05, 4.69) is 85.8 Å². The summed E-state index contributed by atoms with van der Waals surface area (Å²) in [7, 11) is 0. The topological polar surface area (TPSA) is 26.0 Å². The predicted molar refractivity (Wildman–Crippen MR) is 166 cm³/mol. The Bertz CT molecular complexity index is 1980. The van der Waals surface area contributed by atoms with Gasteiger partial charge in [-0.25, -0.2) is 0 Å². The van der Waals surface area contributed by atoms with E-state index in [1.807, 2.05) is 40.1 Å². The first-order valence-electron chi connectivity index (χ1n) is 11.8. The van der Waals surface area contributed by atoms with E-state index >= 15 is 0 Å². The lowest BCUT2D eigenvalue weighted by atomic mass is 10.0. The number of aryl methyl sites for hydroxylation is 1. The van der Waals surface area contributed by atoms with E-state index in [1.54, 1.807) is 11.3 Å². The molecule has 0 aliphatic rings. The number of hydrogen-bond donors (Lipinski definition) is 1. The van der Waals surface area contributed by atoms with Crippen LogP contribution in [0.3, 0.4) is 0 Å². The molecule has 0 aliphatic heterocycles. The monoisotopic (exact) mass is 533 g/mol. The molecule has 0 unspecified atom stereocenters. The van der Waals surface area contributed by atoms with E-state index in [9.17, 15) is 0 Å². The Balaban J connectivity index is 1.37. The summed E-state index contributed by atoms with van der Waals surface area (Å²) in [5.41, 5.74) is 8.52. The highest BCUT2D eigenvalue weighted by molar-refractivity contribution is 7.37. The van der Waals surface area contributed by atoms with Crippen LogP contribution in [-0.4, -0.2) is 0 Å². The third-order valence-electron chi connectivity index (χ3n) is 6.98. The largest absolute Gasteiger partial charge is 0.391 e. The smallest absolute Gasteiger partial charge is 0.0862 e. The van der Waals surface area contributed by atoms with Crippen LogP contribution in [0, 0.1) is 6.92 Å². The van der Waals surface area contributed by atoms with Gasteiger partial charge in [0.1, 0.15) is 0 Å². The molecule has 0 saturated carbocycles. The second-order valence-corrected chi connectivity index (χ2v) is 13.7. The van der Waals surface area contributed by atoms with Crippen molar-refractivity contribution in [2.24, 2.45) is 0 Å². The van der Waals surface area contributed by atoms with Crippen molar-refractivity contribution < 1.29 is 0 Å². The van der Waals surface area contributed by atoms with Gasteiger partial charge < -0.3 is 5.73 Å². The fourth-order valence-electron chi connectivity index (χ4n) is 5.30. The number of nitrogen functional groups attached to an aromatic ring is 1. The lowest BCUT2D eigenvalue weighted by Gasteiger charge is -2.04. The van der Waals surface area contributed by atoms with Crippen molar-refractivity contribution >= 4 is 101 Å². The van der Waals surface area contributed by atoms with E-state index in [0.29, 0.717) is 0 Å². The van der Waals surface area contributed by atoms with Crippen LogP contribution >= 0.6 is 45.3 Å². The number of anilines is 1. The minimum Gasteiger partial charge on any atom is -0.391 e. The van der Waals surface area contributed by atoms with Gasteiger partial charge in [-0.15, -0.1) is 45.3 Å². The molecule has 1 nitrogen and oxygen atoms in total. The van der Waals surface area contributed by atoms with Gasteiger partial charge in [-0.2, -0.15) is 0 Å². The van der Waals surface area contributed by atoms with Crippen LogP contribution in [0.2, 0.25) is 0 Å². The van der Waals surface area contributed by atoms with Crippen LogP contribution in [-0.2, 0) is 0 Å². The van der Waals surface area contributed by atoms with Gasteiger partial charge in [-0.05, 0) is 88.1 Å². The molecule has 5 heteroatoms. The number of nitrogens with two attached hydrogens (primary N) is 1. The SMILES string of the molecule is Cc1ccc(-c2ccc3c(ccc4sc5c(sc6ccc7cc(-c8ccc(N)s8)ccc7c65)c43)c2)s1. The van der Waals surface area contributed by atoms with Gasteiger partial charge in [0.15, 0.2) is 0 Å². The third-order valence-corrected chi connectivity index (χ3v) is 11.5. The number of rotatable bonds is 2. The van der Waals surface area contributed by atoms with Gasteiger partial charge in [0.05, 0.1) is 14.4 Å². The van der Waals surface area contributed by atoms with Gasteiger partial charge in [0.25, 0.3) is 0 Å². The molecule has 8 aromatic rings. The van der Waals surface area contributed by atoms with Crippen LogP contribution in [0.15, 0.2) is 84.9 Å². The molecule has 2 N–H and O–H groups in total. The molecule has 0 spiro atoms. The number of hydrogen-bond acceptors (Lipinski definition) is 5. The molecule has 4 aromatic carbocycles. The van der Waals surface area contributed by atoms with Crippen LogP contribution in [0.5, 0.6) is 0 Å². The summed E-state index contributed by atoms with van der Waals surface area (Å²) in [5.74, 6) is 0. The third kappa shape index (κ3) is 3.04. The first kappa shape index (κ1) is 20.9. The summed E-state index contributed by atoms with van der Waals surface area (Å²) in [6, 6.07) is 31.5. The quantitative estimate of drug-likeness (QED) is 0.235. The van der Waals surface area contributed by atoms with Crippen molar-refractivity contribution in [3.8, 4) is 20.9 Å². The zero-order chi connectivity index (χ0) is 24.0. The Morgan fingerprint density at radius 3 is 1.58 bits per heavy atom. The van der Waals surface area contributed by atoms with Gasteiger partial charge in [-0.1, -0.05) is 36.4 Å². The van der Waals surface area contributed by atoms with Crippen molar-refractivity contribution in [1.82, 2.24) is 0 Å². The summed E-state index contributed by atoms with van der Waals surface area (Å²) in [6.07, 6.45) is 0. The average molecular weight is 534 g/mol. The molecular formula is C31H19NS4. The standard InChI is InChI=1S/C31H19NS4/c1-16-2-9-23(33-16)19-3-7-21-17(14-19)5-10-25-28(21)30-31(35-25)29-22-8-4-20(24-12-13-27(32)34-24)15-18(22)6-11-26(29)36-30/h2-15H,32H2,1H3. The minimum absolute atomic E-state index is 0.857. The highest BCUT2D eigenvalue weighted by Crippen LogP contribution is 2.49. The summed E-state index contributed by atoms with van der Waals surface area (Å²) in [5, 5.41) is 8.93. The first-order chi connectivity index (χ1) is 17.6. The van der Waals surface area contributed by atoms with Crippen molar-refractivity contribution in [1.29, 1.82) is 0 Å². The molecule has 0 radical (unpaired) electrons. The van der Waals surface area contributed by atoms with Crippen molar-refractivity contribution in [2.45, 2.75) is 6.92 Å². The van der Waals surface area contributed by atoms with Crippen LogP contribution in [0.1, 0.15) is 4.88 Å². The van der Waals surface area contributed by atoms with E-state index in [1.165, 1.54) is 76.9 Å². The lowest BCUT2D eigenvalue weighted by Crippen LogP contribution is -1.77. The fraction of sp³-hybridized carbons (Fsp3) is 0.0323. The molecule has 4 heterocycles. The van der Waals surface area contributed by atoms with E-state index < -0.39 is 0 Å². The lowest BCUT2D eigenvalue weighted by molar-refractivity contribution is 1.64. The Kier molecular flexibility index (Phi) is 4.44. The van der Waals surface area contributed by atoms with Crippen LogP contribution in [0.25, 0.3) is 72.0 Å². The Morgan fingerprint density at radius 1 is 0.528 bits per heavy atom. The van der Waals surface area contributed by atoms with Crippen molar-refractivity contribution in [2.75, 3.05) is 5.73 Å². The predicted octanol–water partition coefficient (Wildman–Crippen LogP) is 10.9. The van der Waals surface area contributed by atoms with Gasteiger partial charge >= 0.3 is 0 Å². The van der Waals surface area contributed by atoms with E-state index in [-0.39, 0.29) is 0 Å². The highest BCUT2D eigenvalue weighted by Gasteiger charge is 2.17. The normalized spacial score (nSPS) is 12.1. The summed E-state index contributed by atoms with van der Waals surface area (Å²) >= 11 is 7.37. The maximum Gasteiger partial charge on any atom is 0.0862 e. The second-order valence-electron chi connectivity index (χ2n) is 9.22. The summed E-state index contributed by atoms with van der Waals surface area (Å²) in [6.45, 7) is 2.17. The highest BCUT2D eigenvalue weighted by atomic mass is 32.1. The van der Waals surface area contributed by atoms with Crippen LogP contribution in [0.4, 0.5) is 5.00 Å². The van der Waals surface area contributed by atoms with Crippen molar-refractivity contribution in [3.05, 3.63) is 89.8 Å². The number of thiophene rings is 4. The Morgan fingerprint density at radius 2 is 1.08 bits per heavy atom. The molecule has 8 rings (SSSR count). The van der Waals surface area contributed by atoms with Gasteiger partial charge in [0.2, 0.25) is 0 Å². The molecule has 4 aromatic heterocycles. The molecule has 0 atom stereocenters. The zero-order valence-electron chi connectivity index (χ0n) is 19.3. The fourth-order valence-corrected chi connectivity index (χ4v) is 9.69. The average Bonchev–Trinajstić information content (AvgIpc) is 3.67. The molecule has 0 saturated heterocycles. The summed E-state index contributed by atoms with van der Waals surface area (Å²) < 4.78 is 5.56. The van der Waals surface area contributed by atoms with Crippen molar-refractivity contribution in [3.63, 3.8) is 0 Å².